The molecule has 2 aliphatic rings. The fraction of sp³-hybridized carbons (Fsp3) is 0.350. The minimum atomic E-state index is -0.740. The Hall–Kier alpha value is -2.74. The quantitative estimate of drug-likeness (QED) is 0.733. The number of rotatable bonds is 4. The average molecular weight is 400 g/mol. The van der Waals surface area contributed by atoms with Gasteiger partial charge in [-0.05, 0) is 30.2 Å². The van der Waals surface area contributed by atoms with E-state index in [4.69, 9.17) is 9.15 Å². The van der Waals surface area contributed by atoms with Crippen molar-refractivity contribution >= 4 is 35.2 Å². The largest absolute Gasteiger partial charge is 0.466 e. The molecule has 0 bridgehead atoms. The molecule has 0 spiro atoms. The number of benzene rings is 1. The van der Waals surface area contributed by atoms with Gasteiger partial charge < -0.3 is 19.0 Å². The molecule has 28 heavy (non-hydrogen) atoms. The maximum atomic E-state index is 12.6. The van der Waals surface area contributed by atoms with E-state index in [1.54, 1.807) is 17.0 Å². The van der Waals surface area contributed by atoms with Gasteiger partial charge in [0.15, 0.2) is 6.61 Å². The first-order valence-electron chi connectivity index (χ1n) is 9.05. The Balaban J connectivity index is 1.40. The van der Waals surface area contributed by atoms with Crippen molar-refractivity contribution in [3.63, 3.8) is 0 Å². The number of carbonyl (C=O) groups excluding carboxylic acids is 3. The molecule has 8 heteroatoms. The molecule has 1 fully saturated rings. The summed E-state index contributed by atoms with van der Waals surface area (Å²) in [5.74, 6) is -0.0725. The van der Waals surface area contributed by atoms with Crippen LogP contribution in [0, 0.1) is 0 Å². The summed E-state index contributed by atoms with van der Waals surface area (Å²) in [5, 5.41) is -0.369. The second-order valence-electron chi connectivity index (χ2n) is 6.67. The summed E-state index contributed by atoms with van der Waals surface area (Å²) < 4.78 is 10.7. The van der Waals surface area contributed by atoms with Gasteiger partial charge in [-0.25, -0.2) is 4.79 Å². The predicted octanol–water partition coefficient (Wildman–Crippen LogP) is 2.37. The van der Waals surface area contributed by atoms with E-state index in [-0.39, 0.29) is 23.8 Å². The molecule has 0 saturated carbocycles. The van der Waals surface area contributed by atoms with Gasteiger partial charge >= 0.3 is 5.97 Å². The number of ether oxygens (including phenoxy) is 1. The molecule has 7 nitrogen and oxygen atoms in total. The Kier molecular flexibility index (Phi) is 5.13. The Bertz CT molecular complexity index is 898. The van der Waals surface area contributed by atoms with Crippen LogP contribution in [0.4, 0.5) is 5.69 Å². The Morgan fingerprint density at radius 2 is 2.04 bits per heavy atom. The lowest BCUT2D eigenvalue weighted by atomic mass is 10.2. The van der Waals surface area contributed by atoms with Crippen LogP contribution in [0.1, 0.15) is 23.6 Å². The third-order valence-electron chi connectivity index (χ3n) is 4.95. The van der Waals surface area contributed by atoms with Crippen molar-refractivity contribution in [3.8, 4) is 0 Å². The van der Waals surface area contributed by atoms with Crippen molar-refractivity contribution in [1.29, 1.82) is 0 Å². The summed E-state index contributed by atoms with van der Waals surface area (Å²) >= 11 is 1.44. The summed E-state index contributed by atoms with van der Waals surface area (Å²) in [6.07, 6.45) is 2.32. The smallest absolute Gasteiger partial charge is 0.330 e. The number of thioether (sulfide) groups is 1. The van der Waals surface area contributed by atoms with E-state index in [1.807, 2.05) is 24.3 Å². The molecule has 0 N–H and O–H groups in total. The monoisotopic (exact) mass is 400 g/mol. The van der Waals surface area contributed by atoms with Gasteiger partial charge in [0.2, 0.25) is 5.91 Å². The summed E-state index contributed by atoms with van der Waals surface area (Å²) in [7, 11) is 0. The molecule has 3 heterocycles. The average Bonchev–Trinajstić information content (AvgIpc) is 3.43. The van der Waals surface area contributed by atoms with E-state index in [9.17, 15) is 14.4 Å². The van der Waals surface area contributed by atoms with Gasteiger partial charge in [-0.2, -0.15) is 0 Å². The molecule has 2 atom stereocenters. The lowest BCUT2D eigenvalue weighted by Crippen LogP contribution is -2.44. The number of nitrogens with zero attached hydrogens (tertiary/aromatic N) is 2. The van der Waals surface area contributed by atoms with Crippen LogP contribution >= 0.6 is 11.8 Å². The molecular formula is C20H20N2O5S. The van der Waals surface area contributed by atoms with Crippen LogP contribution in [0.25, 0.3) is 0 Å². The minimum absolute atomic E-state index is 0.242. The summed E-state index contributed by atoms with van der Waals surface area (Å²) in [4.78, 5) is 40.4. The molecule has 1 aromatic carbocycles. The SMILES string of the molecule is CC(=O)N1[C@H](C(=O)OCC(=O)N2CCc3ccccc32)CS[C@H]1c1ccco1. The molecular weight excluding hydrogens is 380 g/mol. The third-order valence-corrected chi connectivity index (χ3v) is 6.23. The van der Waals surface area contributed by atoms with Crippen LogP contribution in [-0.2, 0) is 25.5 Å². The molecule has 0 aliphatic carbocycles. The van der Waals surface area contributed by atoms with Crippen LogP contribution in [0.3, 0.4) is 0 Å². The maximum Gasteiger partial charge on any atom is 0.330 e. The topological polar surface area (TPSA) is 80.1 Å². The highest BCUT2D eigenvalue weighted by atomic mass is 32.2. The lowest BCUT2D eigenvalue weighted by Gasteiger charge is -2.26. The van der Waals surface area contributed by atoms with Gasteiger partial charge in [-0.15, -0.1) is 11.8 Å². The van der Waals surface area contributed by atoms with Gasteiger partial charge in [0.25, 0.3) is 5.91 Å². The van der Waals surface area contributed by atoms with Gasteiger partial charge in [0.05, 0.1) is 6.26 Å². The summed E-state index contributed by atoms with van der Waals surface area (Å²) in [5.41, 5.74) is 1.97. The number of carbonyl (C=O) groups is 3. The van der Waals surface area contributed by atoms with E-state index in [0.29, 0.717) is 18.1 Å². The lowest BCUT2D eigenvalue weighted by molar-refractivity contribution is -0.155. The Morgan fingerprint density at radius 1 is 1.21 bits per heavy atom. The second-order valence-corrected chi connectivity index (χ2v) is 7.79. The molecule has 2 aromatic rings. The number of anilines is 1. The number of furan rings is 1. The van der Waals surface area contributed by atoms with Crippen LogP contribution < -0.4 is 4.90 Å². The summed E-state index contributed by atoms with van der Waals surface area (Å²) in [6.45, 7) is 1.65. The first kappa shape index (κ1) is 18.6. The normalized spacial score (nSPS) is 20.9. The van der Waals surface area contributed by atoms with Gasteiger partial charge in [0, 0.05) is 24.9 Å². The standard InChI is InChI=1S/C20H20N2O5S/c1-13(23)22-16(12-28-19(22)17-7-4-10-26-17)20(25)27-11-18(24)21-9-8-14-5-2-3-6-15(14)21/h2-7,10,16,19H,8-9,11-12H2,1H3/t16-,19-/m0/s1. The third kappa shape index (κ3) is 3.40. The first-order chi connectivity index (χ1) is 13.6. The molecule has 2 amide bonds. The Morgan fingerprint density at radius 3 is 2.79 bits per heavy atom. The van der Waals surface area contributed by atoms with E-state index in [2.05, 4.69) is 0 Å². The van der Waals surface area contributed by atoms with Crippen LogP contribution in [-0.4, -0.2) is 47.6 Å². The zero-order valence-electron chi connectivity index (χ0n) is 15.4. The minimum Gasteiger partial charge on any atom is -0.466 e. The van der Waals surface area contributed by atoms with Crippen molar-refractivity contribution < 1.29 is 23.5 Å². The summed E-state index contributed by atoms with van der Waals surface area (Å²) in [6, 6.07) is 10.5. The number of hydrogen-bond donors (Lipinski definition) is 0. The predicted molar refractivity (Wildman–Crippen MR) is 104 cm³/mol. The zero-order chi connectivity index (χ0) is 19.7. The van der Waals surface area contributed by atoms with Crippen LogP contribution in [0.5, 0.6) is 0 Å². The molecule has 0 unspecified atom stereocenters. The highest BCUT2D eigenvalue weighted by molar-refractivity contribution is 7.99. The van der Waals surface area contributed by atoms with Crippen LogP contribution in [0.2, 0.25) is 0 Å². The van der Waals surface area contributed by atoms with Crippen molar-refractivity contribution in [2.45, 2.75) is 24.8 Å². The number of para-hydroxylation sites is 1. The molecule has 1 aromatic heterocycles. The van der Waals surface area contributed by atoms with Crippen molar-refractivity contribution in [1.82, 2.24) is 4.90 Å². The Labute approximate surface area is 166 Å². The first-order valence-corrected chi connectivity index (χ1v) is 10.1. The van der Waals surface area contributed by atoms with E-state index in [0.717, 1.165) is 17.7 Å². The van der Waals surface area contributed by atoms with Gasteiger partial charge in [-0.1, -0.05) is 18.2 Å². The van der Waals surface area contributed by atoms with E-state index in [1.165, 1.54) is 29.8 Å². The van der Waals surface area contributed by atoms with Gasteiger partial charge in [0.1, 0.15) is 17.2 Å². The molecule has 2 aliphatic heterocycles. The highest BCUT2D eigenvalue weighted by Crippen LogP contribution is 2.41. The molecule has 4 rings (SSSR count). The molecule has 1 saturated heterocycles. The van der Waals surface area contributed by atoms with Crippen molar-refractivity contribution in [3.05, 3.63) is 54.0 Å². The maximum absolute atomic E-state index is 12.6. The van der Waals surface area contributed by atoms with Gasteiger partial charge in [-0.3, -0.25) is 9.59 Å². The van der Waals surface area contributed by atoms with Crippen molar-refractivity contribution in [2.24, 2.45) is 0 Å². The van der Waals surface area contributed by atoms with E-state index < -0.39 is 12.0 Å². The number of esters is 1. The number of amides is 2. The second kappa shape index (κ2) is 7.71. The zero-order valence-corrected chi connectivity index (χ0v) is 16.2. The molecule has 146 valence electrons. The fourth-order valence-corrected chi connectivity index (χ4v) is 5.04. The number of hydrogen-bond acceptors (Lipinski definition) is 6. The van der Waals surface area contributed by atoms with Crippen molar-refractivity contribution in [2.75, 3.05) is 23.8 Å². The van der Waals surface area contributed by atoms with Crippen LogP contribution in [0.15, 0.2) is 47.1 Å². The number of fused-ring (bicyclic) bond motifs is 1. The highest BCUT2D eigenvalue weighted by Gasteiger charge is 2.43. The molecule has 0 radical (unpaired) electrons. The fourth-order valence-electron chi connectivity index (χ4n) is 3.63. The van der Waals surface area contributed by atoms with E-state index >= 15 is 0 Å².